The van der Waals surface area contributed by atoms with Crippen molar-refractivity contribution in [3.05, 3.63) is 72.8 Å². The Kier molecular flexibility index (Phi) is 4.38. The zero-order valence-corrected chi connectivity index (χ0v) is 11.7. The van der Waals surface area contributed by atoms with E-state index in [1.165, 1.54) is 0 Å². The van der Waals surface area contributed by atoms with Gasteiger partial charge in [0.2, 0.25) is 0 Å². The second-order valence-electron chi connectivity index (χ2n) is 4.34. The molecule has 2 nitrogen and oxygen atoms in total. The first-order valence-corrected chi connectivity index (χ1v) is 6.20. The number of para-hydroxylation sites is 1. The summed E-state index contributed by atoms with van der Waals surface area (Å²) in [5.41, 5.74) is 3.10. The molecule has 0 saturated heterocycles. The fourth-order valence-electron chi connectivity index (χ4n) is 2.03. The standard InChI is InChI=1S/C17H14N2.ClH/c1-2-13-6-5-8-15(12-13)18-17-11-10-14-7-3-4-9-16(14)19-17;/h2-12H,1H2,(H,18,19);1H. The van der Waals surface area contributed by atoms with E-state index < -0.39 is 0 Å². The third kappa shape index (κ3) is 2.98. The number of hydrogen-bond acceptors (Lipinski definition) is 2. The van der Waals surface area contributed by atoms with Crippen molar-refractivity contribution in [1.29, 1.82) is 0 Å². The smallest absolute Gasteiger partial charge is 0.131 e. The largest absolute Gasteiger partial charge is 0.340 e. The molecule has 0 atom stereocenters. The van der Waals surface area contributed by atoms with E-state index in [9.17, 15) is 0 Å². The Labute approximate surface area is 124 Å². The molecule has 0 radical (unpaired) electrons. The molecule has 1 heterocycles. The zero-order valence-electron chi connectivity index (χ0n) is 10.9. The van der Waals surface area contributed by atoms with E-state index in [2.05, 4.69) is 29.0 Å². The summed E-state index contributed by atoms with van der Waals surface area (Å²) in [4.78, 5) is 4.59. The molecule has 100 valence electrons. The van der Waals surface area contributed by atoms with Crippen molar-refractivity contribution in [3.63, 3.8) is 0 Å². The van der Waals surface area contributed by atoms with Gasteiger partial charge in [-0.05, 0) is 35.9 Å². The first kappa shape index (κ1) is 14.1. The maximum atomic E-state index is 4.59. The summed E-state index contributed by atoms with van der Waals surface area (Å²) in [5.74, 6) is 0.847. The van der Waals surface area contributed by atoms with Crippen LogP contribution in [-0.2, 0) is 0 Å². The number of anilines is 2. The van der Waals surface area contributed by atoms with Crippen LogP contribution in [0.5, 0.6) is 0 Å². The van der Waals surface area contributed by atoms with E-state index in [0.717, 1.165) is 28.0 Å². The monoisotopic (exact) mass is 282 g/mol. The zero-order chi connectivity index (χ0) is 13.1. The van der Waals surface area contributed by atoms with Crippen LogP contribution in [0.3, 0.4) is 0 Å². The van der Waals surface area contributed by atoms with Crippen molar-refractivity contribution < 1.29 is 0 Å². The van der Waals surface area contributed by atoms with Crippen LogP contribution in [0.25, 0.3) is 17.0 Å². The van der Waals surface area contributed by atoms with Crippen LogP contribution in [-0.4, -0.2) is 4.98 Å². The minimum absolute atomic E-state index is 0. The second-order valence-corrected chi connectivity index (χ2v) is 4.34. The van der Waals surface area contributed by atoms with E-state index in [1.54, 1.807) is 0 Å². The third-order valence-electron chi connectivity index (χ3n) is 2.99. The van der Waals surface area contributed by atoms with Crippen molar-refractivity contribution in [3.8, 4) is 0 Å². The number of hydrogen-bond donors (Lipinski definition) is 1. The molecule has 1 aromatic heterocycles. The van der Waals surface area contributed by atoms with Gasteiger partial charge in [0.05, 0.1) is 5.52 Å². The third-order valence-corrected chi connectivity index (χ3v) is 2.99. The fourth-order valence-corrected chi connectivity index (χ4v) is 2.03. The fraction of sp³-hybridized carbons (Fsp3) is 0. The number of pyridine rings is 1. The highest BCUT2D eigenvalue weighted by molar-refractivity contribution is 5.85. The lowest BCUT2D eigenvalue weighted by Gasteiger charge is -2.07. The highest BCUT2D eigenvalue weighted by Crippen LogP contribution is 2.19. The van der Waals surface area contributed by atoms with Crippen LogP contribution in [0, 0.1) is 0 Å². The van der Waals surface area contributed by atoms with Crippen LogP contribution >= 0.6 is 12.4 Å². The molecule has 0 fully saturated rings. The molecule has 1 N–H and O–H groups in total. The van der Waals surface area contributed by atoms with E-state index in [0.29, 0.717) is 0 Å². The Morgan fingerprint density at radius 2 is 1.80 bits per heavy atom. The minimum Gasteiger partial charge on any atom is -0.340 e. The van der Waals surface area contributed by atoms with Crippen LogP contribution < -0.4 is 5.32 Å². The van der Waals surface area contributed by atoms with Gasteiger partial charge < -0.3 is 5.32 Å². The lowest BCUT2D eigenvalue weighted by atomic mass is 10.2. The molecule has 0 unspecified atom stereocenters. The number of nitrogens with one attached hydrogen (secondary N) is 1. The van der Waals surface area contributed by atoms with Crippen molar-refractivity contribution in [1.82, 2.24) is 4.98 Å². The Hall–Kier alpha value is -2.32. The number of halogens is 1. The predicted octanol–water partition coefficient (Wildman–Crippen LogP) is 5.04. The number of aromatic nitrogens is 1. The van der Waals surface area contributed by atoms with Gasteiger partial charge in [0.1, 0.15) is 5.82 Å². The van der Waals surface area contributed by atoms with Gasteiger partial charge in [0.15, 0.2) is 0 Å². The highest BCUT2D eigenvalue weighted by Gasteiger charge is 1.99. The molecule has 20 heavy (non-hydrogen) atoms. The van der Waals surface area contributed by atoms with Gasteiger partial charge in [0.25, 0.3) is 0 Å². The molecule has 0 aliphatic rings. The topological polar surface area (TPSA) is 24.9 Å². The van der Waals surface area contributed by atoms with Crippen LogP contribution in [0.1, 0.15) is 5.56 Å². The summed E-state index contributed by atoms with van der Waals surface area (Å²) in [6, 6.07) is 20.2. The number of fused-ring (bicyclic) bond motifs is 1. The first-order valence-electron chi connectivity index (χ1n) is 6.20. The van der Waals surface area contributed by atoms with Crippen LogP contribution in [0.4, 0.5) is 11.5 Å². The van der Waals surface area contributed by atoms with Crippen molar-refractivity contribution in [2.24, 2.45) is 0 Å². The van der Waals surface area contributed by atoms with E-state index in [1.807, 2.05) is 54.6 Å². The number of rotatable bonds is 3. The van der Waals surface area contributed by atoms with Gasteiger partial charge in [-0.1, -0.05) is 43.0 Å². The van der Waals surface area contributed by atoms with Gasteiger partial charge in [-0.25, -0.2) is 4.98 Å². The molecule has 3 heteroatoms. The minimum atomic E-state index is 0. The van der Waals surface area contributed by atoms with E-state index in [-0.39, 0.29) is 12.4 Å². The SMILES string of the molecule is C=Cc1cccc(Nc2ccc3ccccc3n2)c1.Cl. The van der Waals surface area contributed by atoms with E-state index in [4.69, 9.17) is 0 Å². The predicted molar refractivity (Wildman–Crippen MR) is 88.8 cm³/mol. The molecule has 0 bridgehead atoms. The molecular formula is C17H15ClN2. The lowest BCUT2D eigenvalue weighted by molar-refractivity contribution is 1.37. The van der Waals surface area contributed by atoms with Crippen LogP contribution in [0.15, 0.2) is 67.2 Å². The molecule has 0 aliphatic heterocycles. The molecule has 0 amide bonds. The molecule has 0 aliphatic carbocycles. The quantitative estimate of drug-likeness (QED) is 0.728. The molecule has 3 aromatic rings. The molecule has 2 aromatic carbocycles. The normalized spacial score (nSPS) is 9.80. The first-order chi connectivity index (χ1) is 9.35. The summed E-state index contributed by atoms with van der Waals surface area (Å²) < 4.78 is 0. The molecule has 0 saturated carbocycles. The van der Waals surface area contributed by atoms with Gasteiger partial charge in [-0.3, -0.25) is 0 Å². The summed E-state index contributed by atoms with van der Waals surface area (Å²) in [6.45, 7) is 3.78. The van der Waals surface area contributed by atoms with Gasteiger partial charge in [0, 0.05) is 11.1 Å². The summed E-state index contributed by atoms with van der Waals surface area (Å²) in [6.07, 6.45) is 1.83. The summed E-state index contributed by atoms with van der Waals surface area (Å²) in [5, 5.41) is 4.46. The number of nitrogens with zero attached hydrogens (tertiary/aromatic N) is 1. The maximum absolute atomic E-state index is 4.59. The average Bonchev–Trinajstić information content (AvgIpc) is 2.47. The molecule has 3 rings (SSSR count). The Morgan fingerprint density at radius 3 is 2.65 bits per heavy atom. The highest BCUT2D eigenvalue weighted by atomic mass is 35.5. The average molecular weight is 283 g/mol. The number of benzene rings is 2. The van der Waals surface area contributed by atoms with Crippen LogP contribution in [0.2, 0.25) is 0 Å². The Morgan fingerprint density at radius 1 is 0.950 bits per heavy atom. The summed E-state index contributed by atoms with van der Waals surface area (Å²) >= 11 is 0. The van der Waals surface area contributed by atoms with Crippen molar-refractivity contribution >= 4 is 40.9 Å². The maximum Gasteiger partial charge on any atom is 0.131 e. The molecule has 0 spiro atoms. The summed E-state index contributed by atoms with van der Waals surface area (Å²) in [7, 11) is 0. The Bertz CT molecular complexity index is 738. The van der Waals surface area contributed by atoms with Gasteiger partial charge in [-0.15, -0.1) is 12.4 Å². The lowest BCUT2D eigenvalue weighted by Crippen LogP contribution is -1.93. The van der Waals surface area contributed by atoms with Crippen molar-refractivity contribution in [2.75, 3.05) is 5.32 Å². The second kappa shape index (κ2) is 6.22. The molecular weight excluding hydrogens is 268 g/mol. The van der Waals surface area contributed by atoms with E-state index >= 15 is 0 Å². The van der Waals surface area contributed by atoms with Gasteiger partial charge >= 0.3 is 0 Å². The van der Waals surface area contributed by atoms with Gasteiger partial charge in [-0.2, -0.15) is 0 Å². The van der Waals surface area contributed by atoms with Crippen molar-refractivity contribution in [2.45, 2.75) is 0 Å². The Balaban J connectivity index is 0.00000147.